The van der Waals surface area contributed by atoms with Gasteiger partial charge in [-0.15, -0.1) is 0 Å². The number of para-hydroxylation sites is 1. The number of ether oxygens (including phenoxy) is 1. The standard InChI is InChI=1S/C26H23N3O5S/c1-34-21-13-7-17(8-14-21)16-29-23(30)15-22(35-26(29)28-19-5-3-2-4-6-19)24(31)27-20-11-9-18(10-12-20)25(32)33/h2-14,22H,15-16H2,1H3,(H,27,31)(H,32,33). The minimum absolute atomic E-state index is 0.00761. The number of carboxylic acids is 1. The van der Waals surface area contributed by atoms with Gasteiger partial charge in [-0.2, -0.15) is 0 Å². The van der Waals surface area contributed by atoms with Crippen LogP contribution in [0.3, 0.4) is 0 Å². The lowest BCUT2D eigenvalue weighted by Crippen LogP contribution is -2.44. The summed E-state index contributed by atoms with van der Waals surface area (Å²) >= 11 is 1.22. The Morgan fingerprint density at radius 2 is 1.74 bits per heavy atom. The van der Waals surface area contributed by atoms with E-state index in [0.717, 1.165) is 11.3 Å². The normalized spacial score (nSPS) is 16.7. The lowest BCUT2D eigenvalue weighted by Gasteiger charge is -2.32. The van der Waals surface area contributed by atoms with Crippen molar-refractivity contribution in [2.75, 3.05) is 12.4 Å². The van der Waals surface area contributed by atoms with Crippen LogP contribution in [0.2, 0.25) is 0 Å². The van der Waals surface area contributed by atoms with Gasteiger partial charge < -0.3 is 15.2 Å². The molecule has 2 amide bonds. The number of benzene rings is 3. The van der Waals surface area contributed by atoms with Crippen LogP contribution in [-0.2, 0) is 16.1 Å². The maximum Gasteiger partial charge on any atom is 0.335 e. The first kappa shape index (κ1) is 24.0. The summed E-state index contributed by atoms with van der Waals surface area (Å²) < 4.78 is 5.21. The zero-order chi connectivity index (χ0) is 24.8. The van der Waals surface area contributed by atoms with Crippen LogP contribution in [0.1, 0.15) is 22.3 Å². The molecule has 1 saturated heterocycles. The van der Waals surface area contributed by atoms with E-state index in [1.165, 1.54) is 36.0 Å². The van der Waals surface area contributed by atoms with Crippen LogP contribution in [-0.4, -0.2) is 45.3 Å². The number of nitrogens with one attached hydrogen (secondary N) is 1. The predicted molar refractivity (Wildman–Crippen MR) is 135 cm³/mol. The Morgan fingerprint density at radius 3 is 2.37 bits per heavy atom. The number of carbonyl (C=O) groups excluding carboxylic acids is 2. The van der Waals surface area contributed by atoms with Crippen LogP contribution in [0.4, 0.5) is 11.4 Å². The summed E-state index contributed by atoms with van der Waals surface area (Å²) in [5.74, 6) is -0.888. The van der Waals surface area contributed by atoms with Crippen molar-refractivity contribution in [3.8, 4) is 5.75 Å². The van der Waals surface area contributed by atoms with E-state index < -0.39 is 11.2 Å². The second-order valence-electron chi connectivity index (χ2n) is 7.74. The van der Waals surface area contributed by atoms with Gasteiger partial charge >= 0.3 is 5.97 Å². The van der Waals surface area contributed by atoms with Crippen molar-refractivity contribution in [2.24, 2.45) is 4.99 Å². The molecule has 4 rings (SSSR count). The van der Waals surface area contributed by atoms with Crippen LogP contribution < -0.4 is 10.1 Å². The zero-order valence-electron chi connectivity index (χ0n) is 18.9. The molecule has 3 aromatic rings. The van der Waals surface area contributed by atoms with Gasteiger partial charge in [-0.1, -0.05) is 42.1 Å². The lowest BCUT2D eigenvalue weighted by atomic mass is 10.1. The van der Waals surface area contributed by atoms with Gasteiger partial charge in [0, 0.05) is 12.1 Å². The van der Waals surface area contributed by atoms with E-state index in [2.05, 4.69) is 10.3 Å². The number of thioether (sulfide) groups is 1. The van der Waals surface area contributed by atoms with Crippen LogP contribution in [0, 0.1) is 0 Å². The van der Waals surface area contributed by atoms with E-state index in [0.29, 0.717) is 23.1 Å². The largest absolute Gasteiger partial charge is 0.497 e. The third-order valence-electron chi connectivity index (χ3n) is 5.31. The van der Waals surface area contributed by atoms with Crippen molar-refractivity contribution in [3.05, 3.63) is 90.0 Å². The van der Waals surface area contributed by atoms with Crippen molar-refractivity contribution >= 4 is 46.1 Å². The molecular formula is C26H23N3O5S. The molecule has 1 atom stereocenters. The van der Waals surface area contributed by atoms with Crippen molar-refractivity contribution in [2.45, 2.75) is 18.2 Å². The number of aliphatic imine (C=N–C) groups is 1. The van der Waals surface area contributed by atoms with Gasteiger partial charge in [-0.25, -0.2) is 9.79 Å². The SMILES string of the molecule is COc1ccc(CN2C(=O)CC(C(=O)Nc3ccc(C(=O)O)cc3)SC2=Nc2ccccc2)cc1. The molecule has 1 heterocycles. The number of hydrogen-bond acceptors (Lipinski definition) is 6. The molecule has 0 spiro atoms. The monoisotopic (exact) mass is 489 g/mol. The van der Waals surface area contributed by atoms with Crippen LogP contribution >= 0.6 is 11.8 Å². The fourth-order valence-corrected chi connectivity index (χ4v) is 4.54. The Morgan fingerprint density at radius 1 is 1.06 bits per heavy atom. The van der Waals surface area contributed by atoms with Gasteiger partial charge in [0.1, 0.15) is 11.0 Å². The third-order valence-corrected chi connectivity index (χ3v) is 6.50. The molecule has 8 nitrogen and oxygen atoms in total. The van der Waals surface area contributed by atoms with Gasteiger partial charge in [0.15, 0.2) is 5.17 Å². The van der Waals surface area contributed by atoms with Crippen LogP contribution in [0.25, 0.3) is 0 Å². The summed E-state index contributed by atoms with van der Waals surface area (Å²) in [6, 6.07) is 22.5. The van der Waals surface area contributed by atoms with E-state index in [1.807, 2.05) is 54.6 Å². The highest BCUT2D eigenvalue weighted by Gasteiger charge is 2.36. The molecule has 178 valence electrons. The fourth-order valence-electron chi connectivity index (χ4n) is 3.44. The molecule has 0 saturated carbocycles. The molecule has 0 radical (unpaired) electrons. The van der Waals surface area contributed by atoms with E-state index in [4.69, 9.17) is 9.84 Å². The van der Waals surface area contributed by atoms with Crippen molar-refractivity contribution < 1.29 is 24.2 Å². The minimum atomic E-state index is -1.05. The number of anilines is 1. The second kappa shape index (κ2) is 10.9. The third kappa shape index (κ3) is 6.07. The summed E-state index contributed by atoms with van der Waals surface area (Å²) in [5.41, 5.74) is 2.15. The van der Waals surface area contributed by atoms with E-state index in [-0.39, 0.29) is 23.8 Å². The summed E-state index contributed by atoms with van der Waals surface area (Å²) in [6.45, 7) is 0.312. The summed E-state index contributed by atoms with van der Waals surface area (Å²) in [5, 5.41) is 11.6. The van der Waals surface area contributed by atoms with E-state index >= 15 is 0 Å². The topological polar surface area (TPSA) is 108 Å². The van der Waals surface area contributed by atoms with E-state index in [9.17, 15) is 14.4 Å². The molecule has 2 N–H and O–H groups in total. The first-order valence-corrected chi connectivity index (χ1v) is 11.7. The smallest absolute Gasteiger partial charge is 0.335 e. The number of hydrogen-bond donors (Lipinski definition) is 2. The molecule has 0 aliphatic carbocycles. The first-order valence-electron chi connectivity index (χ1n) is 10.8. The molecule has 0 aromatic heterocycles. The highest BCUT2D eigenvalue weighted by atomic mass is 32.2. The molecule has 3 aromatic carbocycles. The highest BCUT2D eigenvalue weighted by Crippen LogP contribution is 2.31. The Hall–Kier alpha value is -4.11. The number of aromatic carboxylic acids is 1. The zero-order valence-corrected chi connectivity index (χ0v) is 19.7. The number of carbonyl (C=O) groups is 3. The highest BCUT2D eigenvalue weighted by molar-refractivity contribution is 8.15. The Balaban J connectivity index is 1.55. The number of amides is 2. The first-order chi connectivity index (χ1) is 16.9. The van der Waals surface area contributed by atoms with Crippen molar-refractivity contribution in [3.63, 3.8) is 0 Å². The number of amidine groups is 1. The molecule has 1 fully saturated rings. The van der Waals surface area contributed by atoms with Gasteiger partial charge in [0.2, 0.25) is 11.8 Å². The van der Waals surface area contributed by atoms with Gasteiger partial charge in [0.25, 0.3) is 0 Å². The number of nitrogens with zero attached hydrogens (tertiary/aromatic N) is 2. The lowest BCUT2D eigenvalue weighted by molar-refractivity contribution is -0.129. The average Bonchev–Trinajstić information content (AvgIpc) is 2.87. The average molecular weight is 490 g/mol. The second-order valence-corrected chi connectivity index (χ2v) is 8.91. The Bertz CT molecular complexity index is 1240. The van der Waals surface area contributed by atoms with Crippen LogP contribution in [0.15, 0.2) is 83.9 Å². The van der Waals surface area contributed by atoms with Crippen LogP contribution in [0.5, 0.6) is 5.75 Å². The van der Waals surface area contributed by atoms with Gasteiger partial charge in [-0.3, -0.25) is 14.5 Å². The summed E-state index contributed by atoms with van der Waals surface area (Å²) in [6.07, 6.45) is 0.00761. The maximum atomic E-state index is 13.2. The summed E-state index contributed by atoms with van der Waals surface area (Å²) in [7, 11) is 1.59. The number of carboxylic acid groups (broad SMARTS) is 1. The van der Waals surface area contributed by atoms with Crippen molar-refractivity contribution in [1.82, 2.24) is 4.90 Å². The maximum absolute atomic E-state index is 13.2. The molecule has 9 heteroatoms. The summed E-state index contributed by atoms with van der Waals surface area (Å²) in [4.78, 5) is 43.4. The van der Waals surface area contributed by atoms with Gasteiger partial charge in [0.05, 0.1) is 24.9 Å². The molecule has 1 aliphatic heterocycles. The van der Waals surface area contributed by atoms with Crippen molar-refractivity contribution in [1.29, 1.82) is 0 Å². The quantitative estimate of drug-likeness (QED) is 0.504. The Labute approximate surface area is 206 Å². The predicted octanol–water partition coefficient (Wildman–Crippen LogP) is 4.55. The molecule has 35 heavy (non-hydrogen) atoms. The molecular weight excluding hydrogens is 466 g/mol. The molecule has 0 bridgehead atoms. The minimum Gasteiger partial charge on any atom is -0.497 e. The van der Waals surface area contributed by atoms with E-state index in [1.54, 1.807) is 12.0 Å². The number of rotatable bonds is 7. The molecule has 1 unspecified atom stereocenters. The Kier molecular flexibility index (Phi) is 7.47. The molecule has 1 aliphatic rings. The number of methoxy groups -OCH3 is 1. The fraction of sp³-hybridized carbons (Fsp3) is 0.154. The van der Waals surface area contributed by atoms with Gasteiger partial charge in [-0.05, 0) is 54.1 Å².